The molecule has 1 aromatic heterocycles. The molecule has 18 heavy (non-hydrogen) atoms. The fraction of sp³-hybridized carbons (Fsp3) is 0.846. The number of halogens is 1. The molecule has 5 heteroatoms. The van der Waals surface area contributed by atoms with E-state index in [1.54, 1.807) is 7.11 Å². The molecule has 0 saturated carbocycles. The molecule has 0 bridgehead atoms. The minimum Gasteiger partial charge on any atom is -0.383 e. The predicted molar refractivity (Wildman–Crippen MR) is 73.9 cm³/mol. The summed E-state index contributed by atoms with van der Waals surface area (Å²) in [6.45, 7) is 3.69. The highest BCUT2D eigenvalue weighted by Crippen LogP contribution is 2.10. The second-order valence-corrected chi connectivity index (χ2v) is 4.74. The third-order valence-corrected chi connectivity index (χ3v) is 3.29. The van der Waals surface area contributed by atoms with Crippen LogP contribution in [0.25, 0.3) is 0 Å². The lowest BCUT2D eigenvalue weighted by Gasteiger charge is -2.08. The van der Waals surface area contributed by atoms with E-state index in [1.807, 2.05) is 0 Å². The molecular formula is C13H24ClN3O. The molecule has 104 valence electrons. The van der Waals surface area contributed by atoms with E-state index in [0.717, 1.165) is 24.6 Å². The van der Waals surface area contributed by atoms with Crippen LogP contribution in [0.2, 0.25) is 0 Å². The Morgan fingerprint density at radius 2 is 1.83 bits per heavy atom. The maximum atomic E-state index is 5.86. The summed E-state index contributed by atoms with van der Waals surface area (Å²) in [6, 6.07) is 0. The molecule has 0 fully saturated rings. The van der Waals surface area contributed by atoms with Crippen LogP contribution in [0.15, 0.2) is 0 Å². The van der Waals surface area contributed by atoms with E-state index in [1.165, 1.54) is 32.1 Å². The highest BCUT2D eigenvalue weighted by atomic mass is 35.5. The molecule has 0 aliphatic rings. The van der Waals surface area contributed by atoms with Crippen LogP contribution in [0.5, 0.6) is 0 Å². The van der Waals surface area contributed by atoms with Gasteiger partial charge in [0.05, 0.1) is 12.5 Å². The lowest BCUT2D eigenvalue weighted by atomic mass is 10.1. The molecule has 0 aliphatic carbocycles. The van der Waals surface area contributed by atoms with Gasteiger partial charge >= 0.3 is 0 Å². The molecule has 0 unspecified atom stereocenters. The van der Waals surface area contributed by atoms with Crippen molar-refractivity contribution in [3.05, 3.63) is 11.6 Å². The van der Waals surface area contributed by atoms with Crippen molar-refractivity contribution in [2.24, 2.45) is 0 Å². The van der Waals surface area contributed by atoms with Gasteiger partial charge < -0.3 is 9.30 Å². The standard InChI is InChI=1S/C13H24ClN3O/c1-3-4-5-6-7-8-12-15-16-13(11-14)17(12)9-10-18-2/h3-11H2,1-2H3. The molecule has 0 radical (unpaired) electrons. The lowest BCUT2D eigenvalue weighted by molar-refractivity contribution is 0.185. The number of alkyl halides is 1. The maximum Gasteiger partial charge on any atom is 0.148 e. The Balaban J connectivity index is 2.45. The average molecular weight is 274 g/mol. The number of hydrogen-bond acceptors (Lipinski definition) is 3. The van der Waals surface area contributed by atoms with Crippen LogP contribution >= 0.6 is 11.6 Å². The molecule has 0 atom stereocenters. The highest BCUT2D eigenvalue weighted by Gasteiger charge is 2.10. The third-order valence-electron chi connectivity index (χ3n) is 3.05. The molecule has 1 heterocycles. The fourth-order valence-electron chi connectivity index (χ4n) is 1.98. The number of rotatable bonds is 10. The number of hydrogen-bond donors (Lipinski definition) is 0. The second kappa shape index (κ2) is 9.34. The zero-order valence-corrected chi connectivity index (χ0v) is 12.2. The maximum absolute atomic E-state index is 5.86. The topological polar surface area (TPSA) is 39.9 Å². The fourth-order valence-corrected chi connectivity index (χ4v) is 2.18. The molecule has 0 spiro atoms. The van der Waals surface area contributed by atoms with E-state index in [4.69, 9.17) is 16.3 Å². The summed E-state index contributed by atoms with van der Waals surface area (Å²) in [4.78, 5) is 0. The van der Waals surface area contributed by atoms with Crippen LogP contribution in [-0.2, 0) is 23.6 Å². The van der Waals surface area contributed by atoms with E-state index in [2.05, 4.69) is 21.7 Å². The summed E-state index contributed by atoms with van der Waals surface area (Å²) in [5.41, 5.74) is 0. The number of aromatic nitrogens is 3. The average Bonchev–Trinajstić information content (AvgIpc) is 2.78. The highest BCUT2D eigenvalue weighted by molar-refractivity contribution is 6.16. The molecule has 0 aromatic carbocycles. The Bertz CT molecular complexity index is 328. The first-order valence-electron chi connectivity index (χ1n) is 6.79. The predicted octanol–water partition coefficient (Wildman–Crippen LogP) is 3.18. The summed E-state index contributed by atoms with van der Waals surface area (Å²) < 4.78 is 7.20. The molecule has 0 aliphatic heterocycles. The summed E-state index contributed by atoms with van der Waals surface area (Å²) in [5.74, 6) is 2.29. The summed E-state index contributed by atoms with van der Waals surface area (Å²) in [6.07, 6.45) is 7.33. The van der Waals surface area contributed by atoms with E-state index >= 15 is 0 Å². The smallest absolute Gasteiger partial charge is 0.148 e. The second-order valence-electron chi connectivity index (χ2n) is 4.47. The minimum absolute atomic E-state index is 0.409. The summed E-state index contributed by atoms with van der Waals surface area (Å²) in [5, 5.41) is 8.36. The van der Waals surface area contributed by atoms with E-state index < -0.39 is 0 Å². The van der Waals surface area contributed by atoms with Gasteiger partial charge in [0, 0.05) is 20.1 Å². The van der Waals surface area contributed by atoms with Gasteiger partial charge in [-0.25, -0.2) is 0 Å². The zero-order chi connectivity index (χ0) is 13.2. The van der Waals surface area contributed by atoms with Crippen LogP contribution in [-0.4, -0.2) is 28.5 Å². The van der Waals surface area contributed by atoms with Crippen molar-refractivity contribution in [2.75, 3.05) is 13.7 Å². The first-order valence-corrected chi connectivity index (χ1v) is 7.32. The molecule has 1 rings (SSSR count). The van der Waals surface area contributed by atoms with Crippen molar-refractivity contribution >= 4 is 11.6 Å². The van der Waals surface area contributed by atoms with Crippen molar-refractivity contribution in [1.29, 1.82) is 0 Å². The Morgan fingerprint density at radius 1 is 1.11 bits per heavy atom. The molecule has 4 nitrogen and oxygen atoms in total. The van der Waals surface area contributed by atoms with Crippen LogP contribution in [0, 0.1) is 0 Å². The van der Waals surface area contributed by atoms with Crippen molar-refractivity contribution in [1.82, 2.24) is 14.8 Å². The number of methoxy groups -OCH3 is 1. The number of aryl methyl sites for hydroxylation is 1. The van der Waals surface area contributed by atoms with Gasteiger partial charge in [0.15, 0.2) is 0 Å². The van der Waals surface area contributed by atoms with Gasteiger partial charge in [0.1, 0.15) is 11.6 Å². The Hall–Kier alpha value is -0.610. The van der Waals surface area contributed by atoms with Gasteiger partial charge in [0.2, 0.25) is 0 Å². The summed E-state index contributed by atoms with van der Waals surface area (Å²) >= 11 is 5.86. The van der Waals surface area contributed by atoms with Gasteiger partial charge in [-0.3, -0.25) is 0 Å². The number of unbranched alkanes of at least 4 members (excludes halogenated alkanes) is 4. The molecular weight excluding hydrogens is 250 g/mol. The molecule has 0 saturated heterocycles. The largest absolute Gasteiger partial charge is 0.383 e. The Labute approximate surface area is 115 Å². The monoisotopic (exact) mass is 273 g/mol. The lowest BCUT2D eigenvalue weighted by Crippen LogP contribution is -2.11. The summed E-state index contributed by atoms with van der Waals surface area (Å²) in [7, 11) is 1.70. The molecule has 0 N–H and O–H groups in total. The third kappa shape index (κ3) is 4.94. The van der Waals surface area contributed by atoms with E-state index in [0.29, 0.717) is 12.5 Å². The van der Waals surface area contributed by atoms with Crippen molar-refractivity contribution < 1.29 is 4.74 Å². The van der Waals surface area contributed by atoms with Gasteiger partial charge in [-0.05, 0) is 6.42 Å². The van der Waals surface area contributed by atoms with Crippen molar-refractivity contribution in [3.63, 3.8) is 0 Å². The van der Waals surface area contributed by atoms with Gasteiger partial charge in [-0.2, -0.15) is 0 Å². The van der Waals surface area contributed by atoms with Crippen LogP contribution in [0.4, 0.5) is 0 Å². The van der Waals surface area contributed by atoms with Gasteiger partial charge in [-0.15, -0.1) is 21.8 Å². The minimum atomic E-state index is 0.409. The van der Waals surface area contributed by atoms with E-state index in [9.17, 15) is 0 Å². The van der Waals surface area contributed by atoms with Gasteiger partial charge in [0.25, 0.3) is 0 Å². The zero-order valence-electron chi connectivity index (χ0n) is 11.5. The van der Waals surface area contributed by atoms with Crippen LogP contribution < -0.4 is 0 Å². The van der Waals surface area contributed by atoms with Gasteiger partial charge in [-0.1, -0.05) is 32.6 Å². The van der Waals surface area contributed by atoms with Crippen LogP contribution in [0.3, 0.4) is 0 Å². The van der Waals surface area contributed by atoms with Crippen molar-refractivity contribution in [2.45, 2.75) is 57.9 Å². The number of nitrogens with zero attached hydrogens (tertiary/aromatic N) is 3. The molecule has 1 aromatic rings. The molecule has 0 amide bonds. The van der Waals surface area contributed by atoms with Crippen LogP contribution in [0.1, 0.15) is 50.7 Å². The first kappa shape index (κ1) is 15.4. The first-order chi connectivity index (χ1) is 8.83. The number of ether oxygens (including phenoxy) is 1. The quantitative estimate of drug-likeness (QED) is 0.486. The SMILES string of the molecule is CCCCCCCc1nnc(CCl)n1CCOC. The van der Waals surface area contributed by atoms with E-state index in [-0.39, 0.29) is 0 Å². The Kier molecular flexibility index (Phi) is 8.01. The van der Waals surface area contributed by atoms with Crippen molar-refractivity contribution in [3.8, 4) is 0 Å². The normalized spacial score (nSPS) is 11.1. The Morgan fingerprint density at radius 3 is 2.50 bits per heavy atom.